The first-order chi connectivity index (χ1) is 14.6. The second-order valence-corrected chi connectivity index (χ2v) is 8.08. The lowest BCUT2D eigenvalue weighted by Crippen LogP contribution is -2.48. The van der Waals surface area contributed by atoms with E-state index in [0.29, 0.717) is 43.4 Å². The molecule has 0 aliphatic carbocycles. The highest BCUT2D eigenvalue weighted by atomic mass is 79.9. The summed E-state index contributed by atoms with van der Waals surface area (Å²) in [7, 11) is 3.15. The first kappa shape index (κ1) is 20.8. The topological polar surface area (TPSA) is 60.5 Å². The summed E-state index contributed by atoms with van der Waals surface area (Å²) < 4.78 is 22.9. The van der Waals surface area contributed by atoms with Gasteiger partial charge >= 0.3 is 0 Å². The molecule has 7 nitrogen and oxygen atoms in total. The van der Waals surface area contributed by atoms with Crippen molar-refractivity contribution < 1.29 is 23.7 Å². The molecule has 30 heavy (non-hydrogen) atoms. The third-order valence-corrected chi connectivity index (χ3v) is 6.13. The largest absolute Gasteiger partial charge is 0.493 e. The molecule has 0 spiro atoms. The number of halogens is 1. The summed E-state index contributed by atoms with van der Waals surface area (Å²) >= 11 is 3.64. The molecule has 2 aliphatic rings. The summed E-state index contributed by atoms with van der Waals surface area (Å²) in [6.45, 7) is 4.90. The third kappa shape index (κ3) is 4.34. The fourth-order valence-electron chi connectivity index (χ4n) is 3.73. The number of carbonyl (C=O) groups is 1. The van der Waals surface area contributed by atoms with Gasteiger partial charge in [-0.1, -0.05) is 15.9 Å². The Morgan fingerprint density at radius 2 is 1.63 bits per heavy atom. The van der Waals surface area contributed by atoms with E-state index in [0.717, 1.165) is 41.2 Å². The Hall–Kier alpha value is -2.45. The van der Waals surface area contributed by atoms with E-state index in [4.69, 9.17) is 18.9 Å². The van der Waals surface area contributed by atoms with Crippen LogP contribution in [0.3, 0.4) is 0 Å². The van der Waals surface area contributed by atoms with E-state index in [-0.39, 0.29) is 5.91 Å². The molecule has 0 radical (unpaired) electrons. The first-order valence-corrected chi connectivity index (χ1v) is 10.7. The standard InChI is InChI=1S/C22H25BrN2O5/c1-27-18-4-3-15(11-19(18)28-2)22(26)25-7-5-24(6-8-25)14-16-12-20-21(13-17(16)23)30-10-9-29-20/h3-4,11-13H,5-10,14H2,1-2H3. The fourth-order valence-corrected chi connectivity index (χ4v) is 4.18. The molecular formula is C22H25BrN2O5. The molecule has 2 aromatic carbocycles. The van der Waals surface area contributed by atoms with Crippen molar-refractivity contribution in [1.29, 1.82) is 0 Å². The molecule has 0 aromatic heterocycles. The summed E-state index contributed by atoms with van der Waals surface area (Å²) in [6.07, 6.45) is 0. The van der Waals surface area contributed by atoms with Crippen molar-refractivity contribution in [3.63, 3.8) is 0 Å². The number of nitrogens with zero attached hydrogens (tertiary/aromatic N) is 2. The zero-order valence-electron chi connectivity index (χ0n) is 17.2. The maximum Gasteiger partial charge on any atom is 0.254 e. The van der Waals surface area contributed by atoms with Gasteiger partial charge in [0.2, 0.25) is 0 Å². The van der Waals surface area contributed by atoms with E-state index in [2.05, 4.69) is 20.8 Å². The van der Waals surface area contributed by atoms with Crippen molar-refractivity contribution in [2.45, 2.75) is 6.54 Å². The Bertz CT molecular complexity index is 928. The molecule has 2 aliphatic heterocycles. The predicted octanol–water partition coefficient (Wildman–Crippen LogP) is 3.20. The maximum atomic E-state index is 12.9. The Morgan fingerprint density at radius 1 is 0.967 bits per heavy atom. The van der Waals surface area contributed by atoms with Crippen LogP contribution in [-0.4, -0.2) is 69.3 Å². The molecule has 2 aromatic rings. The van der Waals surface area contributed by atoms with E-state index < -0.39 is 0 Å². The number of amides is 1. The van der Waals surface area contributed by atoms with Gasteiger partial charge in [0.1, 0.15) is 13.2 Å². The Morgan fingerprint density at radius 3 is 2.30 bits per heavy atom. The highest BCUT2D eigenvalue weighted by molar-refractivity contribution is 9.10. The predicted molar refractivity (Wildman–Crippen MR) is 116 cm³/mol. The van der Waals surface area contributed by atoms with Crippen molar-refractivity contribution in [2.24, 2.45) is 0 Å². The molecule has 1 saturated heterocycles. The molecule has 4 rings (SSSR count). The van der Waals surface area contributed by atoms with Gasteiger partial charge in [-0.3, -0.25) is 9.69 Å². The molecule has 2 heterocycles. The molecule has 1 fully saturated rings. The number of carbonyl (C=O) groups excluding carboxylic acids is 1. The Labute approximate surface area is 184 Å². The number of hydrogen-bond acceptors (Lipinski definition) is 6. The number of piperazine rings is 1. The summed E-state index contributed by atoms with van der Waals surface area (Å²) in [5.74, 6) is 2.76. The van der Waals surface area contributed by atoms with E-state index >= 15 is 0 Å². The zero-order valence-corrected chi connectivity index (χ0v) is 18.7. The van der Waals surface area contributed by atoms with Crippen LogP contribution in [0.4, 0.5) is 0 Å². The van der Waals surface area contributed by atoms with Crippen LogP contribution in [0.1, 0.15) is 15.9 Å². The SMILES string of the molecule is COc1ccc(C(=O)N2CCN(Cc3cc4c(cc3Br)OCCO4)CC2)cc1OC. The number of methoxy groups -OCH3 is 2. The van der Waals surface area contributed by atoms with E-state index in [1.54, 1.807) is 32.4 Å². The van der Waals surface area contributed by atoms with Crippen molar-refractivity contribution >= 4 is 21.8 Å². The summed E-state index contributed by atoms with van der Waals surface area (Å²) in [5, 5.41) is 0. The average Bonchev–Trinajstić information content (AvgIpc) is 2.79. The highest BCUT2D eigenvalue weighted by Crippen LogP contribution is 2.36. The van der Waals surface area contributed by atoms with Crippen LogP contribution in [-0.2, 0) is 6.54 Å². The normalized spacial score (nSPS) is 16.3. The second-order valence-electron chi connectivity index (χ2n) is 7.23. The van der Waals surface area contributed by atoms with Crippen LogP contribution in [0.2, 0.25) is 0 Å². The number of fused-ring (bicyclic) bond motifs is 1. The van der Waals surface area contributed by atoms with Gasteiger partial charge in [0.25, 0.3) is 5.91 Å². The number of rotatable bonds is 5. The van der Waals surface area contributed by atoms with Crippen LogP contribution in [0.15, 0.2) is 34.8 Å². The van der Waals surface area contributed by atoms with Gasteiger partial charge in [0.15, 0.2) is 23.0 Å². The quantitative estimate of drug-likeness (QED) is 0.660. The molecule has 0 N–H and O–H groups in total. The minimum atomic E-state index is 0.0103. The molecule has 0 unspecified atom stereocenters. The van der Waals surface area contributed by atoms with Crippen LogP contribution in [0, 0.1) is 0 Å². The lowest BCUT2D eigenvalue weighted by molar-refractivity contribution is 0.0627. The first-order valence-electron chi connectivity index (χ1n) is 9.90. The fraction of sp³-hybridized carbons (Fsp3) is 0.409. The maximum absolute atomic E-state index is 12.9. The molecule has 160 valence electrons. The summed E-state index contributed by atoms with van der Waals surface area (Å²) in [6, 6.07) is 9.30. The highest BCUT2D eigenvalue weighted by Gasteiger charge is 2.24. The van der Waals surface area contributed by atoms with E-state index in [9.17, 15) is 4.79 Å². The van der Waals surface area contributed by atoms with Gasteiger partial charge in [0, 0.05) is 42.8 Å². The number of benzene rings is 2. The molecular weight excluding hydrogens is 452 g/mol. The summed E-state index contributed by atoms with van der Waals surface area (Å²) in [4.78, 5) is 17.1. The molecule has 0 saturated carbocycles. The number of ether oxygens (including phenoxy) is 4. The Kier molecular flexibility index (Phi) is 6.34. The molecule has 1 amide bonds. The van der Waals surface area contributed by atoms with Gasteiger partial charge < -0.3 is 23.8 Å². The van der Waals surface area contributed by atoms with E-state index in [1.165, 1.54) is 0 Å². The van der Waals surface area contributed by atoms with Crippen molar-refractivity contribution in [3.8, 4) is 23.0 Å². The number of hydrogen-bond donors (Lipinski definition) is 0. The van der Waals surface area contributed by atoms with Crippen molar-refractivity contribution in [2.75, 3.05) is 53.6 Å². The molecule has 8 heteroatoms. The zero-order chi connectivity index (χ0) is 21.1. The summed E-state index contributed by atoms with van der Waals surface area (Å²) in [5.41, 5.74) is 1.76. The lowest BCUT2D eigenvalue weighted by Gasteiger charge is -2.35. The van der Waals surface area contributed by atoms with Gasteiger partial charge in [0.05, 0.1) is 14.2 Å². The molecule has 0 bridgehead atoms. The average molecular weight is 477 g/mol. The van der Waals surface area contributed by atoms with Gasteiger partial charge in [-0.25, -0.2) is 0 Å². The van der Waals surface area contributed by atoms with Crippen LogP contribution in [0.25, 0.3) is 0 Å². The van der Waals surface area contributed by atoms with Crippen molar-refractivity contribution in [1.82, 2.24) is 9.80 Å². The van der Waals surface area contributed by atoms with Crippen molar-refractivity contribution in [3.05, 3.63) is 45.9 Å². The van der Waals surface area contributed by atoms with Gasteiger partial charge in [-0.2, -0.15) is 0 Å². The monoisotopic (exact) mass is 476 g/mol. The van der Waals surface area contributed by atoms with Gasteiger partial charge in [-0.05, 0) is 35.9 Å². The lowest BCUT2D eigenvalue weighted by atomic mass is 10.1. The van der Waals surface area contributed by atoms with Crippen LogP contribution < -0.4 is 18.9 Å². The minimum absolute atomic E-state index is 0.0103. The van der Waals surface area contributed by atoms with Gasteiger partial charge in [-0.15, -0.1) is 0 Å². The smallest absolute Gasteiger partial charge is 0.254 e. The van der Waals surface area contributed by atoms with E-state index in [1.807, 2.05) is 17.0 Å². The Balaban J connectivity index is 1.38. The van der Waals surface area contributed by atoms with Crippen LogP contribution in [0.5, 0.6) is 23.0 Å². The second kappa shape index (κ2) is 9.14. The van der Waals surface area contributed by atoms with Crippen LogP contribution >= 0.6 is 15.9 Å². The third-order valence-electron chi connectivity index (χ3n) is 5.40. The molecule has 0 atom stereocenters. The minimum Gasteiger partial charge on any atom is -0.493 e.